The standard InChI is InChI=1S/C27H34F2O7/c1-6-21(31)35-20-13-25(5)16(10-14(3)27(25,23(33)34)36-22(32)7-2)17-12-19(28)18-11-15(30)8-9-24(18,4)26(17,20)29/h8-9,11,14,16-17,19-20H,6-7,10,12-13H2,1-5H3,(H,33,34)/t14-,16?,17?,19+,20?,24+,25+,26+,27+/m1/s1. The van der Waals surface area contributed by atoms with Gasteiger partial charge in [-0.25, -0.2) is 13.6 Å². The monoisotopic (exact) mass is 508 g/mol. The predicted molar refractivity (Wildman–Crippen MR) is 124 cm³/mol. The summed E-state index contributed by atoms with van der Waals surface area (Å²) < 4.78 is 44.9. The molecule has 0 aromatic rings. The Labute approximate surface area is 209 Å². The Bertz CT molecular complexity index is 1070. The number of esters is 2. The minimum Gasteiger partial charge on any atom is -0.478 e. The number of aliphatic carboxylic acids is 1. The molecule has 0 saturated heterocycles. The molecule has 3 saturated carbocycles. The normalized spacial score (nSPS) is 45.1. The zero-order chi connectivity index (χ0) is 26.8. The summed E-state index contributed by atoms with van der Waals surface area (Å²) >= 11 is 0. The van der Waals surface area contributed by atoms with Crippen molar-refractivity contribution >= 4 is 23.7 Å². The number of carbonyl (C=O) groups excluding carboxylic acids is 3. The van der Waals surface area contributed by atoms with E-state index < -0.39 is 75.8 Å². The van der Waals surface area contributed by atoms with Gasteiger partial charge in [0.05, 0.1) is 0 Å². The molecule has 0 radical (unpaired) electrons. The molecule has 3 fully saturated rings. The van der Waals surface area contributed by atoms with Crippen molar-refractivity contribution in [3.8, 4) is 0 Å². The number of ether oxygens (including phenoxy) is 2. The summed E-state index contributed by atoms with van der Waals surface area (Å²) in [6.07, 6.45) is 0.163. The predicted octanol–water partition coefficient (Wildman–Crippen LogP) is 4.29. The molecule has 1 N–H and O–H groups in total. The average Bonchev–Trinajstić information content (AvgIpc) is 3.04. The van der Waals surface area contributed by atoms with Crippen molar-refractivity contribution in [1.82, 2.24) is 0 Å². The van der Waals surface area contributed by atoms with Gasteiger partial charge in [0.25, 0.3) is 0 Å². The number of carboxylic acid groups (broad SMARTS) is 1. The van der Waals surface area contributed by atoms with Gasteiger partial charge in [-0.15, -0.1) is 0 Å². The lowest BCUT2D eigenvalue weighted by atomic mass is 9.44. The number of ketones is 1. The summed E-state index contributed by atoms with van der Waals surface area (Å²) in [4.78, 5) is 49.9. The highest BCUT2D eigenvalue weighted by Crippen LogP contribution is 2.72. The number of halogens is 2. The highest BCUT2D eigenvalue weighted by Gasteiger charge is 2.79. The van der Waals surface area contributed by atoms with E-state index >= 15 is 8.78 Å². The van der Waals surface area contributed by atoms with Crippen LogP contribution in [0.1, 0.15) is 66.7 Å². The highest BCUT2D eigenvalue weighted by molar-refractivity contribution is 6.01. The van der Waals surface area contributed by atoms with Gasteiger partial charge in [-0.3, -0.25) is 14.4 Å². The number of fused-ring (bicyclic) bond motifs is 5. The highest BCUT2D eigenvalue weighted by atomic mass is 19.1. The lowest BCUT2D eigenvalue weighted by molar-refractivity contribution is -0.243. The maximum absolute atomic E-state index is 17.8. The van der Waals surface area contributed by atoms with Crippen LogP contribution in [0.2, 0.25) is 0 Å². The van der Waals surface area contributed by atoms with Gasteiger partial charge in [-0.2, -0.15) is 0 Å². The van der Waals surface area contributed by atoms with Crippen molar-refractivity contribution in [2.24, 2.45) is 28.6 Å². The second-order valence-corrected chi connectivity index (χ2v) is 11.2. The fourth-order valence-electron chi connectivity index (χ4n) is 7.83. The van der Waals surface area contributed by atoms with Crippen molar-refractivity contribution in [1.29, 1.82) is 0 Å². The summed E-state index contributed by atoms with van der Waals surface area (Å²) in [5.74, 6) is -5.61. The molecule has 0 aromatic carbocycles. The van der Waals surface area contributed by atoms with E-state index in [4.69, 9.17) is 9.47 Å². The Kier molecular flexibility index (Phi) is 6.24. The van der Waals surface area contributed by atoms with Crippen molar-refractivity contribution in [2.45, 2.75) is 90.3 Å². The number of hydrogen-bond donors (Lipinski definition) is 1. The molecule has 0 aliphatic heterocycles. The van der Waals surface area contributed by atoms with Crippen LogP contribution in [0.3, 0.4) is 0 Å². The number of carboxylic acids is 1. The van der Waals surface area contributed by atoms with Crippen molar-refractivity contribution in [3.63, 3.8) is 0 Å². The number of alkyl halides is 2. The average molecular weight is 509 g/mol. The van der Waals surface area contributed by atoms with Gasteiger partial charge in [-0.1, -0.05) is 33.8 Å². The molecule has 0 heterocycles. The molecule has 4 aliphatic carbocycles. The van der Waals surface area contributed by atoms with Gasteiger partial charge in [0.2, 0.25) is 5.60 Å². The Balaban J connectivity index is 1.94. The van der Waals surface area contributed by atoms with Crippen LogP contribution in [0, 0.1) is 28.6 Å². The molecule has 198 valence electrons. The second kappa shape index (κ2) is 8.48. The van der Waals surface area contributed by atoms with E-state index in [-0.39, 0.29) is 37.7 Å². The minimum atomic E-state index is -2.31. The third kappa shape index (κ3) is 3.19. The minimum absolute atomic E-state index is 0.00264. The first kappa shape index (κ1) is 26.5. The van der Waals surface area contributed by atoms with E-state index in [0.29, 0.717) is 0 Å². The van der Waals surface area contributed by atoms with Gasteiger partial charge in [0, 0.05) is 35.5 Å². The van der Waals surface area contributed by atoms with E-state index in [0.717, 1.165) is 6.08 Å². The largest absolute Gasteiger partial charge is 0.478 e. The first-order valence-electron chi connectivity index (χ1n) is 12.7. The Hall–Kier alpha value is -2.58. The molecule has 9 atom stereocenters. The molecular weight excluding hydrogens is 474 g/mol. The number of hydrogen-bond acceptors (Lipinski definition) is 6. The van der Waals surface area contributed by atoms with Crippen LogP contribution in [0.25, 0.3) is 0 Å². The Morgan fingerprint density at radius 2 is 1.75 bits per heavy atom. The molecule has 0 bridgehead atoms. The van der Waals surface area contributed by atoms with Crippen LogP contribution >= 0.6 is 0 Å². The SMILES string of the molecule is CCC(=O)OC1C[C@@]2(C)C(C[C@@H](C)[C@]2(OC(=O)CC)C(=O)O)C2C[C@H](F)C3=CC(=O)C=C[C@]3(C)[C@@]12F. The lowest BCUT2D eigenvalue weighted by Crippen LogP contribution is -2.71. The smallest absolute Gasteiger partial charge is 0.349 e. The van der Waals surface area contributed by atoms with E-state index in [1.807, 2.05) is 0 Å². The molecule has 3 unspecified atom stereocenters. The zero-order valence-electron chi connectivity index (χ0n) is 21.3. The second-order valence-electron chi connectivity index (χ2n) is 11.2. The van der Waals surface area contributed by atoms with Crippen LogP contribution in [-0.2, 0) is 28.7 Å². The summed E-state index contributed by atoms with van der Waals surface area (Å²) in [7, 11) is 0. The number of allylic oxidation sites excluding steroid dienone is 4. The third-order valence-corrected chi connectivity index (χ3v) is 9.59. The maximum Gasteiger partial charge on any atom is 0.349 e. The summed E-state index contributed by atoms with van der Waals surface area (Å²) in [5, 5.41) is 10.5. The first-order valence-corrected chi connectivity index (χ1v) is 12.7. The van der Waals surface area contributed by atoms with Crippen LogP contribution in [0.5, 0.6) is 0 Å². The Morgan fingerprint density at radius 3 is 2.33 bits per heavy atom. The lowest BCUT2D eigenvalue weighted by Gasteiger charge is -2.63. The van der Waals surface area contributed by atoms with Crippen molar-refractivity contribution < 1.29 is 42.5 Å². The fraction of sp³-hybridized carbons (Fsp3) is 0.704. The third-order valence-electron chi connectivity index (χ3n) is 9.59. The van der Waals surface area contributed by atoms with E-state index in [9.17, 15) is 24.3 Å². The van der Waals surface area contributed by atoms with E-state index in [1.165, 1.54) is 19.1 Å². The fourth-order valence-corrected chi connectivity index (χ4v) is 7.83. The first-order chi connectivity index (χ1) is 16.7. The zero-order valence-corrected chi connectivity index (χ0v) is 21.3. The summed E-state index contributed by atoms with van der Waals surface area (Å²) in [6.45, 7) is 7.90. The van der Waals surface area contributed by atoms with Gasteiger partial charge >= 0.3 is 17.9 Å². The van der Waals surface area contributed by atoms with Crippen LogP contribution < -0.4 is 0 Å². The van der Waals surface area contributed by atoms with E-state index in [1.54, 1.807) is 27.7 Å². The van der Waals surface area contributed by atoms with Gasteiger partial charge in [-0.05, 0) is 49.8 Å². The number of rotatable bonds is 5. The molecule has 0 spiro atoms. The summed E-state index contributed by atoms with van der Waals surface area (Å²) in [5.41, 5.74) is -7.22. The van der Waals surface area contributed by atoms with Crippen LogP contribution in [0.15, 0.2) is 23.8 Å². The van der Waals surface area contributed by atoms with E-state index in [2.05, 4.69) is 0 Å². The molecular formula is C27H34F2O7. The Morgan fingerprint density at radius 1 is 1.11 bits per heavy atom. The maximum atomic E-state index is 17.8. The summed E-state index contributed by atoms with van der Waals surface area (Å²) in [6, 6.07) is 0. The molecule has 0 aromatic heterocycles. The van der Waals surface area contributed by atoms with Crippen molar-refractivity contribution in [2.75, 3.05) is 0 Å². The van der Waals surface area contributed by atoms with Gasteiger partial charge in [0.15, 0.2) is 11.5 Å². The van der Waals surface area contributed by atoms with Crippen LogP contribution in [-0.4, -0.2) is 52.3 Å². The molecule has 4 rings (SSSR count). The molecule has 7 nitrogen and oxygen atoms in total. The molecule has 36 heavy (non-hydrogen) atoms. The van der Waals surface area contributed by atoms with Gasteiger partial charge in [0.1, 0.15) is 12.3 Å². The molecule has 4 aliphatic rings. The van der Waals surface area contributed by atoms with Gasteiger partial charge < -0.3 is 14.6 Å². The molecule has 9 heteroatoms. The van der Waals surface area contributed by atoms with Crippen LogP contribution in [0.4, 0.5) is 8.78 Å². The van der Waals surface area contributed by atoms with Crippen molar-refractivity contribution in [3.05, 3.63) is 23.8 Å². The quantitative estimate of drug-likeness (QED) is 0.552. The topological polar surface area (TPSA) is 107 Å². The number of carbonyl (C=O) groups is 4. The molecule has 0 amide bonds.